The molecule has 1 amide bonds. The topological polar surface area (TPSA) is 170 Å². The van der Waals surface area contributed by atoms with Gasteiger partial charge in [0, 0.05) is 6.07 Å². The van der Waals surface area contributed by atoms with Gasteiger partial charge in [-0.1, -0.05) is 0 Å². The van der Waals surface area contributed by atoms with E-state index in [0.29, 0.717) is 0 Å². The van der Waals surface area contributed by atoms with Gasteiger partial charge in [-0.3, -0.25) is 20.8 Å². The van der Waals surface area contributed by atoms with Gasteiger partial charge in [0.05, 0.1) is 17.2 Å². The molecule has 1 aromatic rings. The number of hydrogen-bond acceptors (Lipinski definition) is 7. The van der Waals surface area contributed by atoms with Gasteiger partial charge in [0.1, 0.15) is 0 Å². The van der Waals surface area contributed by atoms with E-state index in [-0.39, 0.29) is 5.69 Å². The Balaban J connectivity index is 3.25. The van der Waals surface area contributed by atoms with Gasteiger partial charge >= 0.3 is 0 Å². The Labute approximate surface area is 107 Å². The second kappa shape index (κ2) is 5.60. The van der Waals surface area contributed by atoms with Crippen molar-refractivity contribution in [2.45, 2.75) is 4.90 Å². The molecule has 0 radical (unpaired) electrons. The lowest BCUT2D eigenvalue weighted by molar-refractivity contribution is -0.387. The number of hydrogen-bond donors (Lipinski definition) is 4. The van der Waals surface area contributed by atoms with Crippen LogP contribution in [0.4, 0.5) is 11.4 Å². The van der Waals surface area contributed by atoms with Crippen LogP contribution in [0.15, 0.2) is 23.1 Å². The molecule has 10 nitrogen and oxygen atoms in total. The lowest BCUT2D eigenvalue weighted by atomic mass is 10.3. The zero-order chi connectivity index (χ0) is 14.6. The Kier molecular flexibility index (Phi) is 4.37. The number of nitrogens with zero attached hydrogens (tertiary/aromatic N) is 1. The van der Waals surface area contributed by atoms with Crippen LogP contribution in [0.5, 0.6) is 0 Å². The molecule has 0 atom stereocenters. The number of anilines is 1. The number of nitrogens with one attached hydrogen (secondary N) is 2. The molecule has 0 heterocycles. The van der Waals surface area contributed by atoms with Gasteiger partial charge in [0.2, 0.25) is 15.9 Å². The summed E-state index contributed by atoms with van der Waals surface area (Å²) in [5, 5.41) is 10.8. The summed E-state index contributed by atoms with van der Waals surface area (Å²) >= 11 is 0. The average Bonchev–Trinajstić information content (AvgIpc) is 2.35. The van der Waals surface area contributed by atoms with E-state index in [4.69, 9.17) is 11.6 Å². The average molecular weight is 289 g/mol. The van der Waals surface area contributed by atoms with Crippen molar-refractivity contribution in [1.29, 1.82) is 0 Å². The maximum atomic E-state index is 11.8. The van der Waals surface area contributed by atoms with Crippen LogP contribution in [0.2, 0.25) is 0 Å². The smallest absolute Gasteiger partial charge is 0.291 e. The van der Waals surface area contributed by atoms with Crippen molar-refractivity contribution in [2.75, 3.05) is 12.0 Å². The first-order chi connectivity index (χ1) is 8.77. The number of benzene rings is 1. The fourth-order valence-electron chi connectivity index (χ4n) is 1.22. The van der Waals surface area contributed by atoms with Gasteiger partial charge in [-0.05, 0) is 12.1 Å². The first kappa shape index (κ1) is 14.8. The third kappa shape index (κ3) is 3.61. The lowest BCUT2D eigenvalue weighted by Gasteiger charge is -2.07. The minimum absolute atomic E-state index is 0.167. The first-order valence-corrected chi connectivity index (χ1v) is 6.29. The van der Waals surface area contributed by atoms with E-state index in [1.807, 2.05) is 4.72 Å². The number of carbonyl (C=O) groups excluding carboxylic acids is 1. The molecule has 1 rings (SSSR count). The molecule has 0 spiro atoms. The van der Waals surface area contributed by atoms with Gasteiger partial charge in [-0.2, -0.15) is 0 Å². The molecule has 11 heteroatoms. The second-order valence-corrected chi connectivity index (χ2v) is 5.11. The molecular weight excluding hydrogens is 278 g/mol. The molecule has 0 saturated heterocycles. The molecule has 1 aromatic carbocycles. The Bertz CT molecular complexity index is 614. The number of nitro benzene ring substituents is 1. The van der Waals surface area contributed by atoms with Crippen molar-refractivity contribution in [2.24, 2.45) is 11.6 Å². The number of primary amides is 1. The van der Waals surface area contributed by atoms with Crippen molar-refractivity contribution < 1.29 is 18.1 Å². The number of carbonyl (C=O) groups is 1. The zero-order valence-corrected chi connectivity index (χ0v) is 10.3. The summed E-state index contributed by atoms with van der Waals surface area (Å²) in [6.45, 7) is -0.656. The molecule has 6 N–H and O–H groups in total. The van der Waals surface area contributed by atoms with Crippen LogP contribution < -0.4 is 21.7 Å². The van der Waals surface area contributed by atoms with E-state index >= 15 is 0 Å². The van der Waals surface area contributed by atoms with E-state index in [9.17, 15) is 23.3 Å². The largest absolute Gasteiger partial charge is 0.369 e. The first-order valence-electron chi connectivity index (χ1n) is 4.81. The van der Waals surface area contributed by atoms with Crippen LogP contribution in [0.3, 0.4) is 0 Å². The predicted octanol–water partition coefficient (Wildman–Crippen LogP) is -1.36. The molecule has 19 heavy (non-hydrogen) atoms. The SMILES string of the molecule is NNc1ccc(S(=O)(=O)NCC(N)=O)c([N+](=O)[O-])c1. The molecule has 0 bridgehead atoms. The van der Waals surface area contributed by atoms with E-state index in [2.05, 4.69) is 5.43 Å². The zero-order valence-electron chi connectivity index (χ0n) is 9.49. The van der Waals surface area contributed by atoms with Crippen molar-refractivity contribution in [3.63, 3.8) is 0 Å². The number of nitrogens with two attached hydrogens (primary N) is 2. The number of hydrazine groups is 1. The van der Waals surface area contributed by atoms with Gasteiger partial charge in [-0.25, -0.2) is 13.1 Å². The summed E-state index contributed by atoms with van der Waals surface area (Å²) in [4.78, 5) is 19.9. The van der Waals surface area contributed by atoms with Gasteiger partial charge in [0.15, 0.2) is 4.90 Å². The number of nitrogen functional groups attached to an aromatic ring is 1. The maximum absolute atomic E-state index is 11.8. The van der Waals surface area contributed by atoms with E-state index in [0.717, 1.165) is 12.1 Å². The highest BCUT2D eigenvalue weighted by molar-refractivity contribution is 7.89. The van der Waals surface area contributed by atoms with Crippen molar-refractivity contribution in [1.82, 2.24) is 4.72 Å². The Morgan fingerprint density at radius 2 is 2.05 bits per heavy atom. The fourth-order valence-corrected chi connectivity index (χ4v) is 2.36. The summed E-state index contributed by atoms with van der Waals surface area (Å²) in [6.07, 6.45) is 0. The van der Waals surface area contributed by atoms with E-state index in [1.165, 1.54) is 6.07 Å². The van der Waals surface area contributed by atoms with E-state index in [1.54, 1.807) is 0 Å². The summed E-state index contributed by atoms with van der Waals surface area (Å²) in [7, 11) is -4.22. The highest BCUT2D eigenvalue weighted by Gasteiger charge is 2.26. The highest BCUT2D eigenvalue weighted by atomic mass is 32.2. The van der Waals surface area contributed by atoms with Crippen LogP contribution in [0.1, 0.15) is 0 Å². The molecule has 0 fully saturated rings. The summed E-state index contributed by atoms with van der Waals surface area (Å²) < 4.78 is 25.4. The van der Waals surface area contributed by atoms with Crippen LogP contribution >= 0.6 is 0 Å². The third-order valence-corrected chi connectivity index (χ3v) is 3.50. The monoisotopic (exact) mass is 289 g/mol. The van der Waals surface area contributed by atoms with Gasteiger partial charge in [-0.15, -0.1) is 0 Å². The van der Waals surface area contributed by atoms with Crippen LogP contribution in [0.25, 0.3) is 0 Å². The van der Waals surface area contributed by atoms with Crippen LogP contribution in [0, 0.1) is 10.1 Å². The van der Waals surface area contributed by atoms with Gasteiger partial charge in [0.25, 0.3) is 5.69 Å². The Morgan fingerprint density at radius 3 is 2.53 bits per heavy atom. The minimum atomic E-state index is -4.22. The van der Waals surface area contributed by atoms with Crippen molar-refractivity contribution in [3.05, 3.63) is 28.3 Å². The minimum Gasteiger partial charge on any atom is -0.369 e. The van der Waals surface area contributed by atoms with Crippen molar-refractivity contribution in [3.8, 4) is 0 Å². The number of nitro groups is 1. The standard InChI is InChI=1S/C8H11N5O5S/c9-8(14)4-11-19(17,18)7-2-1-5(12-10)3-6(7)13(15)16/h1-3,11-12H,4,10H2,(H2,9,14). The molecule has 0 saturated carbocycles. The highest BCUT2D eigenvalue weighted by Crippen LogP contribution is 2.26. The quantitative estimate of drug-likeness (QED) is 0.284. The third-order valence-electron chi connectivity index (χ3n) is 2.05. The van der Waals surface area contributed by atoms with Crippen LogP contribution in [-0.4, -0.2) is 25.8 Å². The molecule has 0 unspecified atom stereocenters. The molecule has 0 aromatic heterocycles. The Hall–Kier alpha value is -2.24. The number of rotatable bonds is 6. The second-order valence-electron chi connectivity index (χ2n) is 3.37. The summed E-state index contributed by atoms with van der Waals surface area (Å²) in [6, 6.07) is 3.20. The van der Waals surface area contributed by atoms with Crippen molar-refractivity contribution >= 4 is 27.3 Å². The number of amides is 1. The van der Waals surface area contributed by atoms with Gasteiger partial charge < -0.3 is 11.2 Å². The molecule has 0 aliphatic rings. The van der Waals surface area contributed by atoms with Crippen LogP contribution in [-0.2, 0) is 14.8 Å². The molecule has 0 aliphatic carbocycles. The normalized spacial score (nSPS) is 11.0. The predicted molar refractivity (Wildman–Crippen MR) is 65.3 cm³/mol. The molecule has 0 aliphatic heterocycles. The van der Waals surface area contributed by atoms with E-state index < -0.39 is 38.0 Å². The lowest BCUT2D eigenvalue weighted by Crippen LogP contribution is -2.33. The fraction of sp³-hybridized carbons (Fsp3) is 0.125. The summed E-state index contributed by atoms with van der Waals surface area (Å²) in [5.41, 5.74) is 6.45. The summed E-state index contributed by atoms with van der Waals surface area (Å²) in [5.74, 6) is 4.17. The maximum Gasteiger partial charge on any atom is 0.291 e. The molecule has 104 valence electrons. The number of sulfonamides is 1. The Morgan fingerprint density at radius 1 is 1.42 bits per heavy atom. The molecular formula is C8H11N5O5S.